The second-order valence-corrected chi connectivity index (χ2v) is 9.34. The van der Waals surface area contributed by atoms with Gasteiger partial charge in [0.05, 0.1) is 23.1 Å². The lowest BCUT2D eigenvalue weighted by molar-refractivity contribution is -0.128. The monoisotopic (exact) mass is 491 g/mol. The van der Waals surface area contributed by atoms with Crippen molar-refractivity contribution in [2.24, 2.45) is 0 Å². The van der Waals surface area contributed by atoms with Crippen LogP contribution in [-0.2, 0) is 14.3 Å². The van der Waals surface area contributed by atoms with Gasteiger partial charge in [0.15, 0.2) is 0 Å². The van der Waals surface area contributed by atoms with Crippen LogP contribution >= 0.6 is 35.6 Å². The van der Waals surface area contributed by atoms with Gasteiger partial charge in [0.1, 0.15) is 22.4 Å². The van der Waals surface area contributed by atoms with Crippen LogP contribution in [0.15, 0.2) is 45.7 Å². The predicted molar refractivity (Wildman–Crippen MR) is 129 cm³/mol. The van der Waals surface area contributed by atoms with Crippen molar-refractivity contribution in [1.82, 2.24) is 15.1 Å². The Morgan fingerprint density at radius 1 is 1.22 bits per heavy atom. The summed E-state index contributed by atoms with van der Waals surface area (Å²) in [6, 6.07) is 10.9. The summed E-state index contributed by atoms with van der Waals surface area (Å²) in [4.78, 5) is 29.1. The van der Waals surface area contributed by atoms with Crippen LogP contribution in [-0.4, -0.2) is 71.9 Å². The lowest BCUT2D eigenvalue weighted by Gasteiger charge is -2.26. The SMILES string of the molecule is O=C(CN1C(=O)/C(=C/c2ccc(-c3ccccc3Cl)o2)SC1=S)NCCN1CCOCC1. The molecule has 2 fully saturated rings. The first-order valence-corrected chi connectivity index (χ1v) is 11.8. The minimum Gasteiger partial charge on any atom is -0.457 e. The molecule has 1 aromatic heterocycles. The average Bonchev–Trinajstić information content (AvgIpc) is 3.35. The minimum absolute atomic E-state index is 0.103. The number of nitrogens with zero attached hydrogens (tertiary/aromatic N) is 2. The number of thioether (sulfide) groups is 1. The Morgan fingerprint density at radius 2 is 2.00 bits per heavy atom. The summed E-state index contributed by atoms with van der Waals surface area (Å²) in [5.41, 5.74) is 0.773. The van der Waals surface area contributed by atoms with E-state index in [-0.39, 0.29) is 18.4 Å². The number of amides is 2. The van der Waals surface area contributed by atoms with Gasteiger partial charge in [0.2, 0.25) is 5.91 Å². The zero-order chi connectivity index (χ0) is 22.5. The Kier molecular flexibility index (Phi) is 7.64. The lowest BCUT2D eigenvalue weighted by atomic mass is 10.2. The zero-order valence-corrected chi connectivity index (χ0v) is 19.6. The van der Waals surface area contributed by atoms with Crippen LogP contribution in [0.5, 0.6) is 0 Å². The fraction of sp³-hybridized carbons (Fsp3) is 0.318. The summed E-state index contributed by atoms with van der Waals surface area (Å²) in [6.45, 7) is 4.31. The summed E-state index contributed by atoms with van der Waals surface area (Å²) in [7, 11) is 0. The summed E-state index contributed by atoms with van der Waals surface area (Å²) < 4.78 is 11.5. The fourth-order valence-corrected chi connectivity index (χ4v) is 4.84. The Balaban J connectivity index is 1.34. The first-order valence-electron chi connectivity index (χ1n) is 10.2. The van der Waals surface area contributed by atoms with E-state index in [2.05, 4.69) is 10.2 Å². The van der Waals surface area contributed by atoms with Crippen LogP contribution in [0.1, 0.15) is 5.76 Å². The molecular weight excluding hydrogens is 470 g/mol. The topological polar surface area (TPSA) is 75.0 Å². The normalized spacial score (nSPS) is 18.5. The third kappa shape index (κ3) is 5.60. The second kappa shape index (κ2) is 10.6. The molecule has 4 rings (SSSR count). The number of hydrogen-bond acceptors (Lipinski definition) is 7. The van der Waals surface area contributed by atoms with E-state index in [9.17, 15) is 9.59 Å². The molecule has 0 radical (unpaired) electrons. The molecular formula is C22H22ClN3O4S2. The molecule has 0 bridgehead atoms. The molecule has 0 unspecified atom stereocenters. The number of ether oxygens (including phenoxy) is 1. The molecule has 10 heteroatoms. The van der Waals surface area contributed by atoms with Gasteiger partial charge >= 0.3 is 0 Å². The molecule has 2 aliphatic heterocycles. The predicted octanol–water partition coefficient (Wildman–Crippen LogP) is 3.25. The van der Waals surface area contributed by atoms with Crippen molar-refractivity contribution >= 4 is 57.8 Å². The van der Waals surface area contributed by atoms with Gasteiger partial charge in [-0.1, -0.05) is 47.7 Å². The van der Waals surface area contributed by atoms with Crippen LogP contribution < -0.4 is 5.32 Å². The fourth-order valence-electron chi connectivity index (χ4n) is 3.38. The van der Waals surface area contributed by atoms with Gasteiger partial charge in [-0.2, -0.15) is 0 Å². The number of furan rings is 1. The largest absolute Gasteiger partial charge is 0.457 e. The van der Waals surface area contributed by atoms with E-state index in [4.69, 9.17) is 33.0 Å². The van der Waals surface area contributed by atoms with Gasteiger partial charge in [-0.3, -0.25) is 19.4 Å². The molecule has 0 atom stereocenters. The van der Waals surface area contributed by atoms with Gasteiger partial charge in [0.25, 0.3) is 5.91 Å². The van der Waals surface area contributed by atoms with Crippen molar-refractivity contribution in [3.63, 3.8) is 0 Å². The summed E-state index contributed by atoms with van der Waals surface area (Å²) in [5, 5.41) is 3.44. The van der Waals surface area contributed by atoms with E-state index in [0.29, 0.717) is 45.5 Å². The molecule has 0 aliphatic carbocycles. The maximum absolute atomic E-state index is 12.8. The highest BCUT2D eigenvalue weighted by Crippen LogP contribution is 2.34. The number of benzene rings is 1. The van der Waals surface area contributed by atoms with Crippen molar-refractivity contribution in [3.05, 3.63) is 52.1 Å². The quantitative estimate of drug-likeness (QED) is 0.470. The molecule has 2 amide bonds. The molecule has 2 aliphatic rings. The lowest BCUT2D eigenvalue weighted by Crippen LogP contribution is -2.44. The number of thiocarbonyl (C=S) groups is 1. The zero-order valence-electron chi connectivity index (χ0n) is 17.2. The standard InChI is InChI=1S/C22H22ClN3O4S2/c23-17-4-2-1-3-16(17)18-6-5-15(30-18)13-19-21(28)26(22(31)32-19)14-20(27)24-7-8-25-9-11-29-12-10-25/h1-6,13H,7-12,14H2,(H,24,27)/b19-13-. The van der Waals surface area contributed by atoms with Gasteiger partial charge in [-0.05, 0) is 24.3 Å². The maximum atomic E-state index is 12.8. The average molecular weight is 492 g/mol. The van der Waals surface area contributed by atoms with Crippen LogP contribution in [0.3, 0.4) is 0 Å². The van der Waals surface area contributed by atoms with Crippen LogP contribution in [0.25, 0.3) is 17.4 Å². The smallest absolute Gasteiger partial charge is 0.266 e. The Labute approximate surface area is 200 Å². The van der Waals surface area contributed by atoms with Crippen molar-refractivity contribution in [3.8, 4) is 11.3 Å². The summed E-state index contributed by atoms with van der Waals surface area (Å²) in [6.07, 6.45) is 1.63. The molecule has 0 saturated carbocycles. The van der Waals surface area contributed by atoms with Gasteiger partial charge in [-0.25, -0.2) is 0 Å². The van der Waals surface area contributed by atoms with Gasteiger partial charge < -0.3 is 14.5 Å². The number of halogens is 1. The molecule has 2 aromatic rings. The van der Waals surface area contributed by atoms with Crippen molar-refractivity contribution < 1.29 is 18.7 Å². The number of carbonyl (C=O) groups excluding carboxylic acids is 2. The van der Waals surface area contributed by atoms with E-state index >= 15 is 0 Å². The molecule has 32 heavy (non-hydrogen) atoms. The van der Waals surface area contributed by atoms with Crippen molar-refractivity contribution in [2.45, 2.75) is 0 Å². The number of morpholine rings is 1. The number of hydrogen-bond donors (Lipinski definition) is 1. The Bertz CT molecular complexity index is 1050. The van der Waals surface area contributed by atoms with E-state index in [1.54, 1.807) is 24.3 Å². The molecule has 1 aromatic carbocycles. The van der Waals surface area contributed by atoms with E-state index < -0.39 is 0 Å². The Hall–Kier alpha value is -2.17. The second-order valence-electron chi connectivity index (χ2n) is 7.25. The molecule has 2 saturated heterocycles. The Morgan fingerprint density at radius 3 is 2.78 bits per heavy atom. The van der Waals surface area contributed by atoms with Crippen LogP contribution in [0.4, 0.5) is 0 Å². The highest BCUT2D eigenvalue weighted by Gasteiger charge is 2.33. The van der Waals surface area contributed by atoms with Crippen molar-refractivity contribution in [2.75, 3.05) is 45.9 Å². The molecule has 1 N–H and O–H groups in total. The maximum Gasteiger partial charge on any atom is 0.266 e. The minimum atomic E-state index is -0.306. The number of carbonyl (C=O) groups is 2. The first-order chi connectivity index (χ1) is 15.5. The molecule has 7 nitrogen and oxygen atoms in total. The third-order valence-corrected chi connectivity index (χ3v) is 6.78. The van der Waals surface area contributed by atoms with E-state index in [1.807, 2.05) is 18.2 Å². The van der Waals surface area contributed by atoms with E-state index in [1.165, 1.54) is 4.90 Å². The summed E-state index contributed by atoms with van der Waals surface area (Å²) >= 11 is 12.7. The number of nitrogens with one attached hydrogen (secondary N) is 1. The van der Waals surface area contributed by atoms with Gasteiger partial charge in [-0.15, -0.1) is 0 Å². The molecule has 3 heterocycles. The highest BCUT2D eigenvalue weighted by molar-refractivity contribution is 8.26. The van der Waals surface area contributed by atoms with Crippen LogP contribution in [0.2, 0.25) is 5.02 Å². The van der Waals surface area contributed by atoms with Gasteiger partial charge in [0, 0.05) is 37.8 Å². The van der Waals surface area contributed by atoms with E-state index in [0.717, 1.165) is 37.0 Å². The highest BCUT2D eigenvalue weighted by atomic mass is 35.5. The van der Waals surface area contributed by atoms with Crippen molar-refractivity contribution in [1.29, 1.82) is 0 Å². The first kappa shape index (κ1) is 23.0. The third-order valence-electron chi connectivity index (χ3n) is 5.07. The molecule has 168 valence electrons. The molecule has 0 spiro atoms. The summed E-state index contributed by atoms with van der Waals surface area (Å²) in [5.74, 6) is 0.571. The van der Waals surface area contributed by atoms with Crippen LogP contribution in [0, 0.1) is 0 Å². The number of rotatable bonds is 7.